The zero-order valence-corrected chi connectivity index (χ0v) is 39.8. The van der Waals surface area contributed by atoms with Gasteiger partial charge >= 0.3 is 11.9 Å². The number of carbonyl (C=O) groups excluding carboxylic acids is 2. The fourth-order valence-corrected chi connectivity index (χ4v) is 7.68. The van der Waals surface area contributed by atoms with Gasteiger partial charge in [-0.15, -0.1) is 0 Å². The van der Waals surface area contributed by atoms with Gasteiger partial charge in [0, 0.05) is 17.8 Å². The molecule has 6 rings (SSSR count). The van der Waals surface area contributed by atoms with E-state index in [1.54, 1.807) is 91.3 Å². The molecule has 0 bridgehead atoms. The van der Waals surface area contributed by atoms with Crippen LogP contribution in [0.1, 0.15) is 154 Å². The molecule has 0 spiro atoms. The summed E-state index contributed by atoms with van der Waals surface area (Å²) in [7, 11) is 0. The van der Waals surface area contributed by atoms with E-state index in [0.717, 1.165) is 52.2 Å². The number of hydrogen-bond donors (Lipinski definition) is 0. The quantitative estimate of drug-likeness (QED) is 0.0208. The van der Waals surface area contributed by atoms with E-state index in [4.69, 9.17) is 18.9 Å². The van der Waals surface area contributed by atoms with E-state index < -0.39 is 11.9 Å². The zero-order valence-electron chi connectivity index (χ0n) is 39.8. The van der Waals surface area contributed by atoms with E-state index in [1.807, 2.05) is 48.5 Å². The standard InChI is InChI=1S/C59H65N3O6/c1-3-5-7-9-11-13-15-17-39-65-52-34-29-50(30-35-52)61-43-45-19-23-48(24-20-45)58(63)67-54-33-27-47-28-38-57(56(42-60)55(47)41-54)68-59(64)49-25-21-46(22-26-49)44-62-51-31-36-53(37-32-51)66-40-18-16-14-12-10-8-6-4-2/h19-38,41,43-44H,3-18,39-40H2,1-2H3. The molecule has 0 N–H and O–H groups in total. The molecule has 0 amide bonds. The normalized spacial score (nSPS) is 11.2. The number of carbonyl (C=O) groups is 2. The van der Waals surface area contributed by atoms with Crippen molar-refractivity contribution in [2.75, 3.05) is 13.2 Å². The van der Waals surface area contributed by atoms with Crippen molar-refractivity contribution in [2.45, 2.75) is 117 Å². The average Bonchev–Trinajstić information content (AvgIpc) is 3.37. The van der Waals surface area contributed by atoms with Crippen molar-refractivity contribution in [2.24, 2.45) is 9.98 Å². The minimum Gasteiger partial charge on any atom is -0.494 e. The third-order valence-corrected chi connectivity index (χ3v) is 11.7. The molecule has 68 heavy (non-hydrogen) atoms. The van der Waals surface area contributed by atoms with Gasteiger partial charge in [-0.1, -0.05) is 140 Å². The van der Waals surface area contributed by atoms with E-state index >= 15 is 0 Å². The number of nitriles is 1. The average molecular weight is 912 g/mol. The van der Waals surface area contributed by atoms with Crippen molar-refractivity contribution < 1.29 is 28.5 Å². The molecule has 0 unspecified atom stereocenters. The summed E-state index contributed by atoms with van der Waals surface area (Å²) in [6.45, 7) is 5.92. The molecule has 6 aromatic rings. The number of aliphatic imine (C=N–C) groups is 2. The highest BCUT2D eigenvalue weighted by Crippen LogP contribution is 2.32. The van der Waals surface area contributed by atoms with Gasteiger partial charge in [0.2, 0.25) is 0 Å². The molecule has 0 saturated heterocycles. The highest BCUT2D eigenvalue weighted by atomic mass is 16.5. The van der Waals surface area contributed by atoms with Crippen molar-refractivity contribution in [3.05, 3.63) is 155 Å². The van der Waals surface area contributed by atoms with Gasteiger partial charge in [-0.05, 0) is 120 Å². The molecule has 0 heterocycles. The monoisotopic (exact) mass is 911 g/mol. The van der Waals surface area contributed by atoms with E-state index in [1.165, 1.54) is 89.9 Å². The maximum absolute atomic E-state index is 13.3. The summed E-state index contributed by atoms with van der Waals surface area (Å²) in [6, 6.07) is 39.7. The van der Waals surface area contributed by atoms with Crippen LogP contribution in [0, 0.1) is 11.3 Å². The van der Waals surface area contributed by atoms with Crippen LogP contribution in [-0.2, 0) is 0 Å². The molecule has 0 aliphatic rings. The first-order chi connectivity index (χ1) is 33.4. The van der Waals surface area contributed by atoms with Gasteiger partial charge in [0.1, 0.15) is 34.6 Å². The Kier molecular flexibility index (Phi) is 20.9. The van der Waals surface area contributed by atoms with Gasteiger partial charge in [0.15, 0.2) is 0 Å². The van der Waals surface area contributed by atoms with Crippen molar-refractivity contribution in [3.63, 3.8) is 0 Å². The van der Waals surface area contributed by atoms with Gasteiger partial charge < -0.3 is 18.9 Å². The summed E-state index contributed by atoms with van der Waals surface area (Å²) in [5.41, 5.74) is 4.01. The van der Waals surface area contributed by atoms with Crippen molar-refractivity contribution in [1.29, 1.82) is 5.26 Å². The lowest BCUT2D eigenvalue weighted by molar-refractivity contribution is 0.0726. The smallest absolute Gasteiger partial charge is 0.343 e. The zero-order chi connectivity index (χ0) is 47.6. The number of hydrogen-bond acceptors (Lipinski definition) is 9. The number of benzene rings is 6. The van der Waals surface area contributed by atoms with Gasteiger partial charge in [-0.2, -0.15) is 5.26 Å². The predicted molar refractivity (Wildman–Crippen MR) is 275 cm³/mol. The second kappa shape index (κ2) is 28.2. The van der Waals surface area contributed by atoms with Crippen LogP contribution in [-0.4, -0.2) is 37.6 Å². The maximum Gasteiger partial charge on any atom is 0.343 e. The molecule has 0 fully saturated rings. The van der Waals surface area contributed by atoms with Crippen molar-refractivity contribution in [1.82, 2.24) is 0 Å². The topological polar surface area (TPSA) is 120 Å². The highest BCUT2D eigenvalue weighted by Gasteiger charge is 2.16. The Bertz CT molecular complexity index is 2570. The van der Waals surface area contributed by atoms with E-state index in [2.05, 4.69) is 29.9 Å². The van der Waals surface area contributed by atoms with E-state index in [9.17, 15) is 14.9 Å². The SMILES string of the molecule is CCCCCCCCCCOc1ccc(N=Cc2ccc(C(=O)Oc3ccc4ccc(OC(=O)c5ccc(C=Nc6ccc(OCCCCCCCCCC)cc6)cc5)c(C#N)c4c3)cc2)cc1. The highest BCUT2D eigenvalue weighted by molar-refractivity contribution is 5.97. The summed E-state index contributed by atoms with van der Waals surface area (Å²) in [5.74, 6) is 0.834. The summed E-state index contributed by atoms with van der Waals surface area (Å²) >= 11 is 0. The first kappa shape index (κ1) is 50.4. The Morgan fingerprint density at radius 1 is 0.485 bits per heavy atom. The number of esters is 2. The Labute approximate surface area is 402 Å². The Hall–Kier alpha value is -7.05. The lowest BCUT2D eigenvalue weighted by Gasteiger charge is -2.11. The molecular formula is C59H65N3O6. The lowest BCUT2D eigenvalue weighted by atomic mass is 10.0. The fourth-order valence-electron chi connectivity index (χ4n) is 7.68. The molecule has 352 valence electrons. The molecule has 9 heteroatoms. The number of rotatable bonds is 28. The van der Waals surface area contributed by atoms with Crippen molar-refractivity contribution in [3.8, 4) is 29.1 Å². The van der Waals surface area contributed by atoms with Crippen LogP contribution >= 0.6 is 0 Å². The minimum absolute atomic E-state index is 0.0972. The summed E-state index contributed by atoms with van der Waals surface area (Å²) < 4.78 is 23.3. The Morgan fingerprint density at radius 2 is 0.897 bits per heavy atom. The number of ether oxygens (including phenoxy) is 4. The predicted octanol–water partition coefficient (Wildman–Crippen LogP) is 15.7. The van der Waals surface area contributed by atoms with Gasteiger partial charge in [-0.25, -0.2) is 9.59 Å². The van der Waals surface area contributed by atoms with Crippen LogP contribution < -0.4 is 18.9 Å². The van der Waals surface area contributed by atoms with E-state index in [-0.39, 0.29) is 17.1 Å². The molecular weight excluding hydrogens is 847 g/mol. The Balaban J connectivity index is 0.955. The van der Waals surface area contributed by atoms with Gasteiger partial charge in [0.25, 0.3) is 0 Å². The lowest BCUT2D eigenvalue weighted by Crippen LogP contribution is -2.10. The third-order valence-electron chi connectivity index (χ3n) is 11.7. The van der Waals surface area contributed by atoms with Crippen LogP contribution in [0.2, 0.25) is 0 Å². The van der Waals surface area contributed by atoms with Crippen LogP contribution in [0.15, 0.2) is 137 Å². The van der Waals surface area contributed by atoms with Crippen molar-refractivity contribution >= 4 is 46.5 Å². The fraction of sp³-hybridized carbons (Fsp3) is 0.339. The first-order valence-electron chi connectivity index (χ1n) is 24.6. The maximum atomic E-state index is 13.3. The molecule has 0 aromatic heterocycles. The second-order valence-corrected chi connectivity index (χ2v) is 17.1. The van der Waals surface area contributed by atoms with Gasteiger partial charge in [0.05, 0.1) is 35.7 Å². The van der Waals surface area contributed by atoms with E-state index in [0.29, 0.717) is 29.7 Å². The summed E-state index contributed by atoms with van der Waals surface area (Å²) in [6.07, 6.45) is 23.7. The van der Waals surface area contributed by atoms with Crippen LogP contribution in [0.5, 0.6) is 23.0 Å². The Morgan fingerprint density at radius 3 is 1.35 bits per heavy atom. The second-order valence-electron chi connectivity index (χ2n) is 17.1. The molecule has 0 saturated carbocycles. The largest absolute Gasteiger partial charge is 0.494 e. The molecule has 6 aromatic carbocycles. The first-order valence-corrected chi connectivity index (χ1v) is 24.6. The van der Waals surface area contributed by atoms with Crippen LogP contribution in [0.3, 0.4) is 0 Å². The van der Waals surface area contributed by atoms with Crippen LogP contribution in [0.25, 0.3) is 10.8 Å². The molecule has 0 aliphatic heterocycles. The minimum atomic E-state index is -0.616. The molecule has 9 nitrogen and oxygen atoms in total. The number of nitrogens with zero attached hydrogens (tertiary/aromatic N) is 3. The van der Waals surface area contributed by atoms with Crippen LogP contribution in [0.4, 0.5) is 11.4 Å². The molecule has 0 aliphatic carbocycles. The number of fused-ring (bicyclic) bond motifs is 1. The van der Waals surface area contributed by atoms with Gasteiger partial charge in [-0.3, -0.25) is 9.98 Å². The molecule has 0 radical (unpaired) electrons. The third kappa shape index (κ3) is 16.7. The summed E-state index contributed by atoms with van der Waals surface area (Å²) in [5, 5.41) is 11.4. The summed E-state index contributed by atoms with van der Waals surface area (Å²) in [4.78, 5) is 35.6. The molecule has 0 atom stereocenters. The number of unbranched alkanes of at least 4 members (excludes halogenated alkanes) is 14.